The van der Waals surface area contributed by atoms with Crippen molar-refractivity contribution in [1.29, 1.82) is 0 Å². The lowest BCUT2D eigenvalue weighted by atomic mass is 10.3. The molecule has 0 fully saturated rings. The molecule has 0 radical (unpaired) electrons. The van der Waals surface area contributed by atoms with Crippen molar-refractivity contribution in [2.24, 2.45) is 0 Å². The molecule has 25 heavy (non-hydrogen) atoms. The monoisotopic (exact) mass is 396 g/mol. The third kappa shape index (κ3) is 4.34. The molecular formula is C17H14Cl2N2O3S. The number of anilines is 1. The summed E-state index contributed by atoms with van der Waals surface area (Å²) in [4.78, 5) is 18.4. The molecule has 0 saturated carbocycles. The molecule has 0 N–H and O–H groups in total. The minimum Gasteiger partial charge on any atom is -0.480 e. The molecule has 0 spiro atoms. The topological polar surface area (TPSA) is 51.7 Å². The summed E-state index contributed by atoms with van der Waals surface area (Å²) < 4.78 is 11.6. The zero-order chi connectivity index (χ0) is 18.0. The second-order valence-electron chi connectivity index (χ2n) is 5.36. The molecule has 5 nitrogen and oxygen atoms in total. The Hall–Kier alpha value is -2.02. The van der Waals surface area contributed by atoms with Crippen molar-refractivity contribution in [3.8, 4) is 11.5 Å². The Labute approximate surface area is 158 Å². The molecule has 3 aromatic rings. The van der Waals surface area contributed by atoms with E-state index in [2.05, 4.69) is 4.98 Å². The van der Waals surface area contributed by atoms with Crippen LogP contribution in [0.2, 0.25) is 10.0 Å². The minimum absolute atomic E-state index is 0.259. The van der Waals surface area contributed by atoms with Gasteiger partial charge in [0.2, 0.25) is 0 Å². The number of ether oxygens (including phenoxy) is 2. The van der Waals surface area contributed by atoms with Gasteiger partial charge in [-0.15, -0.1) is 0 Å². The summed E-state index contributed by atoms with van der Waals surface area (Å²) in [6.45, 7) is -0.259. The van der Waals surface area contributed by atoms with Gasteiger partial charge < -0.3 is 14.4 Å². The van der Waals surface area contributed by atoms with Crippen LogP contribution < -0.4 is 14.4 Å². The van der Waals surface area contributed by atoms with Gasteiger partial charge >= 0.3 is 5.97 Å². The van der Waals surface area contributed by atoms with E-state index in [1.807, 2.05) is 25.1 Å². The van der Waals surface area contributed by atoms with Crippen LogP contribution in [-0.4, -0.2) is 31.7 Å². The van der Waals surface area contributed by atoms with E-state index in [0.717, 1.165) is 15.3 Å². The second-order valence-corrected chi connectivity index (χ2v) is 7.21. The SMILES string of the molecule is CN(C)c1nc2ccc(OC(=O)COc3ccc(Cl)cc3Cl)cc2s1. The zero-order valence-corrected chi connectivity index (χ0v) is 15.8. The number of carbonyl (C=O) groups excluding carboxylic acids is 1. The number of rotatable bonds is 5. The maximum Gasteiger partial charge on any atom is 0.349 e. The second kappa shape index (κ2) is 7.47. The first-order chi connectivity index (χ1) is 11.9. The molecule has 0 unspecified atom stereocenters. The highest BCUT2D eigenvalue weighted by Gasteiger charge is 2.11. The Kier molecular flexibility index (Phi) is 5.32. The van der Waals surface area contributed by atoms with E-state index in [9.17, 15) is 4.79 Å². The molecule has 0 atom stereocenters. The van der Waals surface area contributed by atoms with Gasteiger partial charge in [0.25, 0.3) is 0 Å². The number of halogens is 2. The number of nitrogens with zero attached hydrogens (tertiary/aromatic N) is 2. The summed E-state index contributed by atoms with van der Waals surface area (Å²) in [6, 6.07) is 10.1. The Morgan fingerprint density at radius 1 is 1.20 bits per heavy atom. The van der Waals surface area contributed by atoms with Crippen molar-refractivity contribution in [3.63, 3.8) is 0 Å². The van der Waals surface area contributed by atoms with Crippen LogP contribution in [0, 0.1) is 0 Å². The Balaban J connectivity index is 1.65. The van der Waals surface area contributed by atoms with Crippen LogP contribution in [0.5, 0.6) is 11.5 Å². The van der Waals surface area contributed by atoms with E-state index < -0.39 is 5.97 Å². The van der Waals surface area contributed by atoms with E-state index in [1.165, 1.54) is 11.3 Å². The molecule has 0 bridgehead atoms. The van der Waals surface area contributed by atoms with Gasteiger partial charge in [-0.1, -0.05) is 34.5 Å². The van der Waals surface area contributed by atoms with Gasteiger partial charge in [0.15, 0.2) is 11.7 Å². The van der Waals surface area contributed by atoms with Crippen LogP contribution in [0.4, 0.5) is 5.13 Å². The fourth-order valence-electron chi connectivity index (χ4n) is 2.04. The first-order valence-corrected chi connectivity index (χ1v) is 8.86. The lowest BCUT2D eigenvalue weighted by Gasteiger charge is -2.08. The number of fused-ring (bicyclic) bond motifs is 1. The summed E-state index contributed by atoms with van der Waals surface area (Å²) in [5.41, 5.74) is 0.859. The summed E-state index contributed by atoms with van der Waals surface area (Å²) in [5.74, 6) is 0.288. The van der Waals surface area contributed by atoms with Crippen molar-refractivity contribution < 1.29 is 14.3 Å². The van der Waals surface area contributed by atoms with Crippen LogP contribution in [-0.2, 0) is 4.79 Å². The molecule has 0 aliphatic heterocycles. The molecule has 0 aliphatic carbocycles. The van der Waals surface area contributed by atoms with Crippen LogP contribution in [0.25, 0.3) is 10.2 Å². The smallest absolute Gasteiger partial charge is 0.349 e. The van der Waals surface area contributed by atoms with Gasteiger partial charge in [0.1, 0.15) is 11.5 Å². The first kappa shape index (κ1) is 17.8. The van der Waals surface area contributed by atoms with E-state index >= 15 is 0 Å². The molecule has 3 rings (SSSR count). The van der Waals surface area contributed by atoms with Crippen LogP contribution in [0.3, 0.4) is 0 Å². The predicted molar refractivity (Wildman–Crippen MR) is 102 cm³/mol. The van der Waals surface area contributed by atoms with Crippen molar-refractivity contribution in [2.75, 3.05) is 25.6 Å². The molecule has 130 valence electrons. The van der Waals surface area contributed by atoms with Gasteiger partial charge in [-0.2, -0.15) is 0 Å². The number of benzene rings is 2. The summed E-state index contributed by atoms with van der Waals surface area (Å²) in [5, 5.41) is 1.72. The van der Waals surface area contributed by atoms with Crippen molar-refractivity contribution in [2.45, 2.75) is 0 Å². The maximum absolute atomic E-state index is 12.0. The van der Waals surface area contributed by atoms with Gasteiger partial charge in [-0.05, 0) is 30.3 Å². The van der Waals surface area contributed by atoms with Crippen LogP contribution >= 0.6 is 34.5 Å². The largest absolute Gasteiger partial charge is 0.480 e. The number of hydrogen-bond acceptors (Lipinski definition) is 6. The van der Waals surface area contributed by atoms with E-state index in [0.29, 0.717) is 21.5 Å². The highest BCUT2D eigenvalue weighted by atomic mass is 35.5. The van der Waals surface area contributed by atoms with Gasteiger partial charge in [-0.25, -0.2) is 9.78 Å². The number of esters is 1. The van der Waals surface area contributed by atoms with Crippen molar-refractivity contribution in [1.82, 2.24) is 4.98 Å². The predicted octanol–water partition coefficient (Wildman–Crippen LogP) is 4.65. The van der Waals surface area contributed by atoms with Crippen molar-refractivity contribution in [3.05, 3.63) is 46.4 Å². The Morgan fingerprint density at radius 2 is 2.00 bits per heavy atom. The third-order valence-corrected chi connectivity index (χ3v) is 4.92. The summed E-state index contributed by atoms with van der Waals surface area (Å²) in [6.07, 6.45) is 0. The molecule has 0 aliphatic rings. The molecule has 1 aromatic heterocycles. The van der Waals surface area contributed by atoms with E-state index in [-0.39, 0.29) is 6.61 Å². The van der Waals surface area contributed by atoms with E-state index in [4.69, 9.17) is 32.7 Å². The highest BCUT2D eigenvalue weighted by molar-refractivity contribution is 7.22. The fourth-order valence-corrected chi connectivity index (χ4v) is 3.42. The van der Waals surface area contributed by atoms with Crippen LogP contribution in [0.15, 0.2) is 36.4 Å². The lowest BCUT2D eigenvalue weighted by molar-refractivity contribution is -0.136. The number of aromatic nitrogens is 1. The van der Waals surface area contributed by atoms with E-state index in [1.54, 1.807) is 30.3 Å². The minimum atomic E-state index is -0.525. The molecule has 1 heterocycles. The number of carbonyl (C=O) groups is 1. The summed E-state index contributed by atoms with van der Waals surface area (Å²) in [7, 11) is 3.86. The standard InChI is InChI=1S/C17H14Cl2N2O3S/c1-21(2)17-20-13-5-4-11(8-15(13)25-17)24-16(22)9-23-14-6-3-10(18)7-12(14)19/h3-8H,9H2,1-2H3. The van der Waals surface area contributed by atoms with Gasteiger partial charge in [-0.3, -0.25) is 0 Å². The number of thiazole rings is 1. The van der Waals surface area contributed by atoms with Gasteiger partial charge in [0.05, 0.1) is 15.2 Å². The maximum atomic E-state index is 12.0. The molecule has 8 heteroatoms. The van der Waals surface area contributed by atoms with Crippen LogP contribution in [0.1, 0.15) is 0 Å². The summed E-state index contributed by atoms with van der Waals surface area (Å²) >= 11 is 13.3. The quantitative estimate of drug-likeness (QED) is 0.463. The average Bonchev–Trinajstić information content (AvgIpc) is 2.97. The first-order valence-electron chi connectivity index (χ1n) is 7.29. The fraction of sp³-hybridized carbons (Fsp3) is 0.176. The zero-order valence-electron chi connectivity index (χ0n) is 13.5. The Morgan fingerprint density at radius 3 is 2.72 bits per heavy atom. The normalized spacial score (nSPS) is 10.7. The lowest BCUT2D eigenvalue weighted by Crippen LogP contribution is -2.17. The molecule has 2 aromatic carbocycles. The molecule has 0 amide bonds. The highest BCUT2D eigenvalue weighted by Crippen LogP contribution is 2.31. The van der Waals surface area contributed by atoms with Crippen molar-refractivity contribution >= 4 is 55.9 Å². The molecule has 0 saturated heterocycles. The third-order valence-electron chi connectivity index (χ3n) is 3.20. The Bertz CT molecular complexity index is 927. The number of hydrogen-bond donors (Lipinski definition) is 0. The average molecular weight is 397 g/mol. The molecular weight excluding hydrogens is 383 g/mol. The van der Waals surface area contributed by atoms with Gasteiger partial charge in [0, 0.05) is 25.2 Å².